The lowest BCUT2D eigenvalue weighted by Crippen LogP contribution is -2.01. The minimum Gasteiger partial charge on any atom is -0.508 e. The summed E-state index contributed by atoms with van der Waals surface area (Å²) in [4.78, 5) is 11.9. The van der Waals surface area contributed by atoms with Crippen LogP contribution in [-0.2, 0) is 0 Å². The molecule has 0 amide bonds. The molecule has 90 valence electrons. The van der Waals surface area contributed by atoms with Crippen molar-refractivity contribution < 1.29 is 9.52 Å². The standard InChI is InChI=1S/C14H9ClO3/c1-7-2-4-10-9-5-3-8(16)6-11(9)18-14(17)12(10)13(7)15/h2-6,16H,1H3. The van der Waals surface area contributed by atoms with Crippen LogP contribution in [0.3, 0.4) is 0 Å². The van der Waals surface area contributed by atoms with Crippen molar-refractivity contribution >= 4 is 33.3 Å². The predicted molar refractivity (Wildman–Crippen MR) is 71.4 cm³/mol. The summed E-state index contributed by atoms with van der Waals surface area (Å²) in [6.45, 7) is 1.84. The Balaban J connectivity index is 2.64. The zero-order chi connectivity index (χ0) is 12.9. The molecule has 0 saturated carbocycles. The molecule has 1 heterocycles. The van der Waals surface area contributed by atoms with E-state index < -0.39 is 5.63 Å². The molecule has 0 spiro atoms. The molecule has 3 aromatic rings. The number of benzene rings is 2. The molecule has 2 aromatic carbocycles. The summed E-state index contributed by atoms with van der Waals surface area (Å²) in [7, 11) is 0. The van der Waals surface area contributed by atoms with Crippen LogP contribution in [0.4, 0.5) is 0 Å². The maximum atomic E-state index is 11.9. The SMILES string of the molecule is Cc1ccc2c(c1Cl)c(=O)oc1cc(O)ccc12. The molecule has 4 heteroatoms. The van der Waals surface area contributed by atoms with Gasteiger partial charge in [-0.3, -0.25) is 0 Å². The maximum Gasteiger partial charge on any atom is 0.345 e. The lowest BCUT2D eigenvalue weighted by molar-refractivity contribution is 0.473. The van der Waals surface area contributed by atoms with Gasteiger partial charge in [0.25, 0.3) is 0 Å². The molecule has 0 atom stereocenters. The summed E-state index contributed by atoms with van der Waals surface area (Å²) in [6.07, 6.45) is 0. The number of aryl methyl sites for hydroxylation is 1. The Labute approximate surface area is 107 Å². The van der Waals surface area contributed by atoms with Crippen LogP contribution in [0, 0.1) is 6.92 Å². The Hall–Kier alpha value is -2.00. The lowest BCUT2D eigenvalue weighted by atomic mass is 10.1. The van der Waals surface area contributed by atoms with Crippen LogP contribution in [0.1, 0.15) is 5.56 Å². The highest BCUT2D eigenvalue weighted by Gasteiger charge is 2.12. The maximum absolute atomic E-state index is 11.9. The first kappa shape index (κ1) is 11.1. The fraction of sp³-hybridized carbons (Fsp3) is 0.0714. The van der Waals surface area contributed by atoms with Gasteiger partial charge in [-0.2, -0.15) is 0 Å². The van der Waals surface area contributed by atoms with Crippen molar-refractivity contribution in [3.63, 3.8) is 0 Å². The van der Waals surface area contributed by atoms with Crippen LogP contribution >= 0.6 is 11.6 Å². The van der Waals surface area contributed by atoms with E-state index in [1.165, 1.54) is 6.07 Å². The molecular weight excluding hydrogens is 252 g/mol. The smallest absolute Gasteiger partial charge is 0.345 e. The van der Waals surface area contributed by atoms with Crippen molar-refractivity contribution in [2.45, 2.75) is 6.92 Å². The van der Waals surface area contributed by atoms with E-state index in [1.54, 1.807) is 12.1 Å². The van der Waals surface area contributed by atoms with Crippen LogP contribution in [0.2, 0.25) is 5.02 Å². The molecule has 0 saturated heterocycles. The molecule has 18 heavy (non-hydrogen) atoms. The van der Waals surface area contributed by atoms with E-state index in [-0.39, 0.29) is 5.75 Å². The summed E-state index contributed by atoms with van der Waals surface area (Å²) < 4.78 is 5.19. The van der Waals surface area contributed by atoms with Gasteiger partial charge in [-0.25, -0.2) is 4.79 Å². The van der Waals surface area contributed by atoms with Gasteiger partial charge in [0, 0.05) is 16.8 Å². The third-order valence-electron chi connectivity index (χ3n) is 3.00. The fourth-order valence-corrected chi connectivity index (χ4v) is 2.32. The first-order chi connectivity index (χ1) is 8.58. The Morgan fingerprint density at radius 3 is 2.67 bits per heavy atom. The number of phenols is 1. The Morgan fingerprint density at radius 1 is 1.17 bits per heavy atom. The minimum atomic E-state index is -0.489. The van der Waals surface area contributed by atoms with E-state index >= 15 is 0 Å². The predicted octanol–water partition coefficient (Wildman–Crippen LogP) is 3.61. The Morgan fingerprint density at radius 2 is 1.89 bits per heavy atom. The molecule has 1 aromatic heterocycles. The van der Waals surface area contributed by atoms with Gasteiger partial charge in [-0.1, -0.05) is 23.7 Å². The molecule has 0 radical (unpaired) electrons. The van der Waals surface area contributed by atoms with E-state index in [2.05, 4.69) is 0 Å². The second kappa shape index (κ2) is 3.75. The molecule has 3 rings (SSSR count). The molecule has 0 aliphatic rings. The quantitative estimate of drug-likeness (QED) is 0.496. The van der Waals surface area contributed by atoms with Gasteiger partial charge in [-0.05, 0) is 24.6 Å². The van der Waals surface area contributed by atoms with E-state index in [1.807, 2.05) is 19.1 Å². The summed E-state index contributed by atoms with van der Waals surface area (Å²) in [6, 6.07) is 8.38. The van der Waals surface area contributed by atoms with E-state index in [4.69, 9.17) is 16.0 Å². The van der Waals surface area contributed by atoms with E-state index in [0.29, 0.717) is 16.0 Å². The normalized spacial score (nSPS) is 11.2. The zero-order valence-electron chi connectivity index (χ0n) is 9.53. The number of hydrogen-bond acceptors (Lipinski definition) is 3. The molecular formula is C14H9ClO3. The third-order valence-corrected chi connectivity index (χ3v) is 3.48. The van der Waals surface area contributed by atoms with Crippen LogP contribution in [0.15, 0.2) is 39.5 Å². The Kier molecular flexibility index (Phi) is 2.31. The van der Waals surface area contributed by atoms with Gasteiger partial charge in [-0.15, -0.1) is 0 Å². The van der Waals surface area contributed by atoms with E-state index in [9.17, 15) is 9.90 Å². The average Bonchev–Trinajstić information content (AvgIpc) is 2.32. The second-order valence-electron chi connectivity index (χ2n) is 4.19. The first-order valence-corrected chi connectivity index (χ1v) is 5.80. The van der Waals surface area contributed by atoms with Gasteiger partial charge in [0.1, 0.15) is 11.3 Å². The fourth-order valence-electron chi connectivity index (χ4n) is 2.07. The lowest BCUT2D eigenvalue weighted by Gasteiger charge is -2.06. The number of halogens is 1. The van der Waals surface area contributed by atoms with E-state index in [0.717, 1.165) is 16.3 Å². The van der Waals surface area contributed by atoms with Crippen LogP contribution in [0.25, 0.3) is 21.7 Å². The highest BCUT2D eigenvalue weighted by molar-refractivity contribution is 6.37. The third kappa shape index (κ3) is 1.48. The number of rotatable bonds is 0. The van der Waals surface area contributed by atoms with Crippen molar-refractivity contribution in [1.82, 2.24) is 0 Å². The van der Waals surface area contributed by atoms with Crippen LogP contribution in [0.5, 0.6) is 5.75 Å². The summed E-state index contributed by atoms with van der Waals surface area (Å²) in [5, 5.41) is 11.7. The molecule has 0 unspecified atom stereocenters. The van der Waals surface area contributed by atoms with Gasteiger partial charge < -0.3 is 9.52 Å². The molecule has 0 bridgehead atoms. The zero-order valence-corrected chi connectivity index (χ0v) is 10.3. The molecule has 3 nitrogen and oxygen atoms in total. The van der Waals surface area contributed by atoms with Crippen LogP contribution in [-0.4, -0.2) is 5.11 Å². The summed E-state index contributed by atoms with van der Waals surface area (Å²) >= 11 is 6.15. The summed E-state index contributed by atoms with van der Waals surface area (Å²) in [5.74, 6) is 0.0585. The van der Waals surface area contributed by atoms with Gasteiger partial charge in [0.15, 0.2) is 0 Å². The minimum absolute atomic E-state index is 0.0585. The highest BCUT2D eigenvalue weighted by atomic mass is 35.5. The topological polar surface area (TPSA) is 50.4 Å². The molecule has 0 aliphatic carbocycles. The molecule has 1 N–H and O–H groups in total. The van der Waals surface area contributed by atoms with Crippen molar-refractivity contribution in [3.05, 3.63) is 51.3 Å². The number of aromatic hydroxyl groups is 1. The van der Waals surface area contributed by atoms with Crippen molar-refractivity contribution in [2.75, 3.05) is 0 Å². The monoisotopic (exact) mass is 260 g/mol. The van der Waals surface area contributed by atoms with Gasteiger partial charge >= 0.3 is 5.63 Å². The highest BCUT2D eigenvalue weighted by Crippen LogP contribution is 2.30. The molecule has 0 aliphatic heterocycles. The molecule has 0 fully saturated rings. The Bertz CT molecular complexity index is 834. The van der Waals surface area contributed by atoms with Gasteiger partial charge in [0.05, 0.1) is 10.4 Å². The first-order valence-electron chi connectivity index (χ1n) is 5.42. The van der Waals surface area contributed by atoms with Crippen LogP contribution < -0.4 is 5.63 Å². The average molecular weight is 261 g/mol. The van der Waals surface area contributed by atoms with Gasteiger partial charge in [0.2, 0.25) is 0 Å². The van der Waals surface area contributed by atoms with Crippen molar-refractivity contribution in [2.24, 2.45) is 0 Å². The second-order valence-corrected chi connectivity index (χ2v) is 4.57. The van der Waals surface area contributed by atoms with Crippen molar-refractivity contribution in [3.8, 4) is 5.75 Å². The number of hydrogen-bond donors (Lipinski definition) is 1. The largest absolute Gasteiger partial charge is 0.508 e. The number of phenolic OH excluding ortho intramolecular Hbond substituents is 1. The van der Waals surface area contributed by atoms with Crippen molar-refractivity contribution in [1.29, 1.82) is 0 Å². The summed E-state index contributed by atoms with van der Waals surface area (Å²) in [5.41, 5.74) is 0.693. The number of fused-ring (bicyclic) bond motifs is 3.